The summed E-state index contributed by atoms with van der Waals surface area (Å²) in [6.07, 6.45) is 7.60. The third kappa shape index (κ3) is 9.09. The van der Waals surface area contributed by atoms with Crippen LogP contribution in [-0.2, 0) is 26.2 Å². The highest BCUT2D eigenvalue weighted by atomic mass is 32.2. The van der Waals surface area contributed by atoms with E-state index in [0.717, 1.165) is 47.9 Å². The molecule has 39 heavy (non-hydrogen) atoms. The fourth-order valence-electron chi connectivity index (χ4n) is 5.45. The van der Waals surface area contributed by atoms with Gasteiger partial charge in [0.05, 0.1) is 11.9 Å². The Labute approximate surface area is 235 Å². The van der Waals surface area contributed by atoms with Crippen LogP contribution < -0.4 is 9.62 Å². The molecule has 1 atom stereocenters. The van der Waals surface area contributed by atoms with Crippen LogP contribution >= 0.6 is 0 Å². The summed E-state index contributed by atoms with van der Waals surface area (Å²) in [5, 5.41) is 3.21. The highest BCUT2D eigenvalue weighted by Gasteiger charge is 2.30. The summed E-state index contributed by atoms with van der Waals surface area (Å²) in [5.41, 5.74) is 4.66. The first-order valence-corrected chi connectivity index (χ1v) is 16.0. The predicted octanol–water partition coefficient (Wildman–Crippen LogP) is 5.41. The molecule has 1 aliphatic carbocycles. The van der Waals surface area contributed by atoms with Gasteiger partial charge in [0.25, 0.3) is 0 Å². The molecule has 2 aromatic rings. The molecule has 0 bridgehead atoms. The molecule has 7 nitrogen and oxygen atoms in total. The van der Waals surface area contributed by atoms with E-state index in [4.69, 9.17) is 0 Å². The molecule has 3 rings (SSSR count). The van der Waals surface area contributed by atoms with Gasteiger partial charge in [0, 0.05) is 25.6 Å². The lowest BCUT2D eigenvalue weighted by atomic mass is 9.95. The van der Waals surface area contributed by atoms with Crippen molar-refractivity contribution in [2.75, 3.05) is 17.1 Å². The van der Waals surface area contributed by atoms with Crippen LogP contribution in [0.3, 0.4) is 0 Å². The molecule has 0 aliphatic heterocycles. The van der Waals surface area contributed by atoms with Crippen molar-refractivity contribution in [2.45, 2.75) is 97.7 Å². The molecule has 0 spiro atoms. The van der Waals surface area contributed by atoms with Gasteiger partial charge in [0.2, 0.25) is 21.8 Å². The van der Waals surface area contributed by atoms with Gasteiger partial charge in [-0.15, -0.1) is 0 Å². The van der Waals surface area contributed by atoms with E-state index in [-0.39, 0.29) is 30.8 Å². The van der Waals surface area contributed by atoms with Crippen molar-refractivity contribution < 1.29 is 18.0 Å². The van der Waals surface area contributed by atoms with Gasteiger partial charge >= 0.3 is 0 Å². The van der Waals surface area contributed by atoms with Crippen LogP contribution in [0.4, 0.5) is 5.69 Å². The van der Waals surface area contributed by atoms with E-state index in [0.29, 0.717) is 25.1 Å². The van der Waals surface area contributed by atoms with Crippen LogP contribution in [0.2, 0.25) is 0 Å². The van der Waals surface area contributed by atoms with Crippen molar-refractivity contribution in [2.24, 2.45) is 0 Å². The molecule has 1 aliphatic rings. The number of rotatable bonds is 12. The lowest BCUT2D eigenvalue weighted by molar-refractivity contribution is -0.141. The van der Waals surface area contributed by atoms with Crippen LogP contribution in [0.25, 0.3) is 0 Å². The van der Waals surface area contributed by atoms with Crippen LogP contribution in [-0.4, -0.2) is 50.0 Å². The van der Waals surface area contributed by atoms with Crippen LogP contribution in [0.5, 0.6) is 0 Å². The van der Waals surface area contributed by atoms with Gasteiger partial charge < -0.3 is 10.2 Å². The molecule has 0 saturated heterocycles. The Morgan fingerprint density at radius 1 is 0.949 bits per heavy atom. The zero-order valence-electron chi connectivity index (χ0n) is 24.2. The van der Waals surface area contributed by atoms with Crippen LogP contribution in [0.1, 0.15) is 80.5 Å². The smallest absolute Gasteiger partial charge is 0.243 e. The number of hydrogen-bond acceptors (Lipinski definition) is 4. The summed E-state index contributed by atoms with van der Waals surface area (Å²) in [6, 6.07) is 13.3. The predicted molar refractivity (Wildman–Crippen MR) is 158 cm³/mol. The Bertz CT molecular complexity index is 1200. The molecular formula is C31H45N3O4S. The second kappa shape index (κ2) is 14.0. The van der Waals surface area contributed by atoms with Crippen LogP contribution in [0, 0.1) is 20.8 Å². The topological polar surface area (TPSA) is 86.8 Å². The maximum Gasteiger partial charge on any atom is 0.243 e. The molecule has 0 radical (unpaired) electrons. The Balaban J connectivity index is 1.76. The Morgan fingerprint density at radius 2 is 1.56 bits per heavy atom. The zero-order valence-corrected chi connectivity index (χ0v) is 25.0. The summed E-state index contributed by atoms with van der Waals surface area (Å²) in [7, 11) is -3.53. The van der Waals surface area contributed by atoms with Gasteiger partial charge in [-0.05, 0) is 75.3 Å². The standard InChI is InChI=1S/C31H45N3O4S/c1-6-29(31(36)32-27-11-8-7-9-12-27)33(22-26-16-14-23(2)15-17-26)30(35)13-10-18-34(39(5,37)38)28-20-24(3)19-25(4)21-28/h14-17,19-21,27,29H,6-13,18,22H2,1-5H3,(H,32,36)/t29-/m1/s1. The molecule has 0 aromatic heterocycles. The summed E-state index contributed by atoms with van der Waals surface area (Å²) < 4.78 is 26.7. The van der Waals surface area contributed by atoms with Crippen molar-refractivity contribution in [1.29, 1.82) is 0 Å². The largest absolute Gasteiger partial charge is 0.352 e. The van der Waals surface area contributed by atoms with Crippen molar-refractivity contribution in [3.8, 4) is 0 Å². The maximum atomic E-state index is 13.7. The first-order chi connectivity index (χ1) is 18.5. The number of carbonyl (C=O) groups excluding carboxylic acids is 2. The summed E-state index contributed by atoms with van der Waals surface area (Å²) >= 11 is 0. The Kier molecular flexibility index (Phi) is 11.0. The van der Waals surface area contributed by atoms with Crippen molar-refractivity contribution in [3.05, 3.63) is 64.7 Å². The van der Waals surface area contributed by atoms with Crippen molar-refractivity contribution >= 4 is 27.5 Å². The minimum absolute atomic E-state index is 0.0992. The number of nitrogens with one attached hydrogen (secondary N) is 1. The van der Waals surface area contributed by atoms with E-state index in [2.05, 4.69) is 5.32 Å². The van der Waals surface area contributed by atoms with Gasteiger partial charge in [0.1, 0.15) is 6.04 Å². The zero-order chi connectivity index (χ0) is 28.6. The number of hydrogen-bond donors (Lipinski definition) is 1. The second-order valence-corrected chi connectivity index (χ2v) is 13.0. The minimum atomic E-state index is -3.53. The SMILES string of the molecule is CC[C@H](C(=O)NC1CCCCC1)N(Cc1ccc(C)cc1)C(=O)CCCN(c1cc(C)cc(C)c1)S(C)(=O)=O. The molecule has 8 heteroatoms. The number of aryl methyl sites for hydroxylation is 3. The number of benzene rings is 2. The number of amides is 2. The molecule has 1 fully saturated rings. The van der Waals surface area contributed by atoms with E-state index >= 15 is 0 Å². The number of sulfonamides is 1. The molecule has 1 saturated carbocycles. The molecule has 1 N–H and O–H groups in total. The quantitative estimate of drug-likeness (QED) is 0.379. The average Bonchev–Trinajstić information content (AvgIpc) is 2.86. The van der Waals surface area contributed by atoms with Crippen molar-refractivity contribution in [3.63, 3.8) is 0 Å². The van der Waals surface area contributed by atoms with Gasteiger partial charge in [-0.1, -0.05) is 62.1 Å². The van der Waals surface area contributed by atoms with Gasteiger partial charge in [-0.3, -0.25) is 13.9 Å². The summed E-state index contributed by atoms with van der Waals surface area (Å²) in [5.74, 6) is -0.243. The normalized spacial score (nSPS) is 15.0. The van der Waals surface area contributed by atoms with Gasteiger partial charge in [-0.2, -0.15) is 0 Å². The lowest BCUT2D eigenvalue weighted by Gasteiger charge is -2.33. The second-order valence-electron chi connectivity index (χ2n) is 11.1. The third-order valence-corrected chi connectivity index (χ3v) is 8.65. The van der Waals surface area contributed by atoms with E-state index in [1.54, 1.807) is 4.90 Å². The van der Waals surface area contributed by atoms with Gasteiger partial charge in [0.15, 0.2) is 0 Å². The monoisotopic (exact) mass is 555 g/mol. The molecule has 0 unspecified atom stereocenters. The molecule has 2 aromatic carbocycles. The lowest BCUT2D eigenvalue weighted by Crippen LogP contribution is -2.51. The maximum absolute atomic E-state index is 13.7. The van der Waals surface area contributed by atoms with E-state index in [1.807, 2.05) is 70.2 Å². The van der Waals surface area contributed by atoms with Crippen molar-refractivity contribution in [1.82, 2.24) is 10.2 Å². The number of anilines is 1. The van der Waals surface area contributed by atoms with E-state index < -0.39 is 16.1 Å². The fourth-order valence-corrected chi connectivity index (χ4v) is 6.40. The number of carbonyl (C=O) groups is 2. The molecule has 214 valence electrons. The first-order valence-electron chi connectivity index (χ1n) is 14.2. The average molecular weight is 556 g/mol. The van der Waals surface area contributed by atoms with E-state index in [1.165, 1.54) is 17.0 Å². The Hall–Kier alpha value is -2.87. The highest BCUT2D eigenvalue weighted by molar-refractivity contribution is 7.92. The molecule has 2 amide bonds. The van der Waals surface area contributed by atoms with Gasteiger partial charge in [-0.25, -0.2) is 8.42 Å². The third-order valence-electron chi connectivity index (χ3n) is 7.46. The van der Waals surface area contributed by atoms with E-state index in [9.17, 15) is 18.0 Å². The Morgan fingerprint density at radius 3 is 2.13 bits per heavy atom. The number of nitrogens with zero attached hydrogens (tertiary/aromatic N) is 2. The van der Waals surface area contributed by atoms with Crippen LogP contribution in [0.15, 0.2) is 42.5 Å². The minimum Gasteiger partial charge on any atom is -0.352 e. The highest BCUT2D eigenvalue weighted by Crippen LogP contribution is 2.23. The summed E-state index contributed by atoms with van der Waals surface area (Å²) in [6.45, 7) is 8.35. The molecular weight excluding hydrogens is 510 g/mol. The first kappa shape index (κ1) is 30.7. The summed E-state index contributed by atoms with van der Waals surface area (Å²) in [4.78, 5) is 28.8. The molecule has 0 heterocycles. The fraction of sp³-hybridized carbons (Fsp3) is 0.548.